The van der Waals surface area contributed by atoms with Crippen molar-refractivity contribution in [1.82, 2.24) is 15.2 Å². The lowest BCUT2D eigenvalue weighted by Gasteiger charge is -2.09. The molecular formula is C13H15N3O. The molecule has 1 N–H and O–H groups in total. The standard InChI is InChI=1S/C13H15N3O/c1-9-11(7-8-17-9)13-14-12(15-16-13)10-5-3-2-4-6-10/h2-6,9,11H,7-8H2,1H3,(H,14,15,16). The van der Waals surface area contributed by atoms with Gasteiger partial charge in [-0.3, -0.25) is 5.10 Å². The number of H-pyrrole nitrogens is 1. The van der Waals surface area contributed by atoms with Crippen molar-refractivity contribution in [3.05, 3.63) is 36.2 Å². The Morgan fingerprint density at radius 3 is 2.82 bits per heavy atom. The monoisotopic (exact) mass is 229 g/mol. The predicted octanol–water partition coefficient (Wildman–Crippen LogP) is 2.36. The third kappa shape index (κ3) is 1.96. The van der Waals surface area contributed by atoms with Crippen LogP contribution < -0.4 is 0 Å². The van der Waals surface area contributed by atoms with E-state index >= 15 is 0 Å². The molecule has 88 valence electrons. The summed E-state index contributed by atoms with van der Waals surface area (Å²) in [5.41, 5.74) is 1.04. The second-order valence-electron chi connectivity index (χ2n) is 4.38. The molecule has 2 unspecified atom stereocenters. The maximum atomic E-state index is 5.55. The minimum atomic E-state index is 0.228. The Morgan fingerprint density at radius 2 is 2.12 bits per heavy atom. The summed E-state index contributed by atoms with van der Waals surface area (Å²) in [5, 5.41) is 7.31. The molecular weight excluding hydrogens is 214 g/mol. The lowest BCUT2D eigenvalue weighted by molar-refractivity contribution is 0.117. The largest absolute Gasteiger partial charge is 0.378 e. The molecule has 4 nitrogen and oxygen atoms in total. The number of ether oxygens (including phenoxy) is 1. The summed E-state index contributed by atoms with van der Waals surface area (Å²) in [4.78, 5) is 4.57. The highest BCUT2D eigenvalue weighted by Gasteiger charge is 2.28. The molecule has 0 radical (unpaired) electrons. The van der Waals surface area contributed by atoms with Gasteiger partial charge in [0.15, 0.2) is 5.82 Å². The molecule has 1 saturated heterocycles. The number of rotatable bonds is 2. The number of nitrogens with one attached hydrogen (secondary N) is 1. The van der Waals surface area contributed by atoms with Gasteiger partial charge in [-0.1, -0.05) is 30.3 Å². The van der Waals surface area contributed by atoms with E-state index in [1.807, 2.05) is 30.3 Å². The molecule has 3 rings (SSSR count). The van der Waals surface area contributed by atoms with Gasteiger partial charge in [0.25, 0.3) is 0 Å². The first-order chi connectivity index (χ1) is 8.34. The van der Waals surface area contributed by atoms with Crippen molar-refractivity contribution in [1.29, 1.82) is 0 Å². The zero-order valence-electron chi connectivity index (χ0n) is 9.76. The second-order valence-corrected chi connectivity index (χ2v) is 4.38. The molecule has 0 saturated carbocycles. The van der Waals surface area contributed by atoms with Crippen molar-refractivity contribution in [3.8, 4) is 11.4 Å². The zero-order valence-corrected chi connectivity index (χ0v) is 9.76. The van der Waals surface area contributed by atoms with Gasteiger partial charge in [-0.05, 0) is 13.3 Å². The summed E-state index contributed by atoms with van der Waals surface area (Å²) in [5.74, 6) is 2.05. The fourth-order valence-electron chi connectivity index (χ4n) is 2.25. The predicted molar refractivity (Wildman–Crippen MR) is 64.6 cm³/mol. The third-order valence-electron chi connectivity index (χ3n) is 3.26. The Bertz CT molecular complexity index is 494. The number of aromatic nitrogens is 3. The van der Waals surface area contributed by atoms with E-state index in [0.717, 1.165) is 30.2 Å². The maximum absolute atomic E-state index is 5.55. The van der Waals surface area contributed by atoms with Crippen LogP contribution >= 0.6 is 0 Å². The summed E-state index contributed by atoms with van der Waals surface area (Å²) >= 11 is 0. The third-order valence-corrected chi connectivity index (χ3v) is 3.26. The van der Waals surface area contributed by atoms with Gasteiger partial charge in [0.1, 0.15) is 5.82 Å². The highest BCUT2D eigenvalue weighted by molar-refractivity contribution is 5.53. The molecule has 2 heterocycles. The second kappa shape index (κ2) is 4.30. The Hall–Kier alpha value is -1.68. The zero-order chi connectivity index (χ0) is 11.7. The lowest BCUT2D eigenvalue weighted by atomic mass is 10.0. The van der Waals surface area contributed by atoms with E-state index in [0.29, 0.717) is 5.92 Å². The SMILES string of the molecule is CC1OCCC1c1nc(-c2ccccc2)n[nH]1. The Morgan fingerprint density at radius 1 is 1.29 bits per heavy atom. The molecule has 0 spiro atoms. The smallest absolute Gasteiger partial charge is 0.181 e. The van der Waals surface area contributed by atoms with Gasteiger partial charge in [-0.2, -0.15) is 5.10 Å². The first-order valence-corrected chi connectivity index (χ1v) is 5.94. The van der Waals surface area contributed by atoms with E-state index in [4.69, 9.17) is 4.74 Å². The van der Waals surface area contributed by atoms with Crippen LogP contribution in [0.15, 0.2) is 30.3 Å². The van der Waals surface area contributed by atoms with E-state index in [-0.39, 0.29) is 6.10 Å². The summed E-state index contributed by atoms with van der Waals surface area (Å²) < 4.78 is 5.55. The van der Waals surface area contributed by atoms with Gasteiger partial charge in [0, 0.05) is 18.1 Å². The lowest BCUT2D eigenvalue weighted by Crippen LogP contribution is -2.10. The van der Waals surface area contributed by atoms with Gasteiger partial charge in [-0.15, -0.1) is 0 Å². The number of hydrogen-bond acceptors (Lipinski definition) is 3. The summed E-state index contributed by atoms with van der Waals surface area (Å²) in [6.45, 7) is 2.90. The van der Waals surface area contributed by atoms with Crippen LogP contribution in [0, 0.1) is 0 Å². The van der Waals surface area contributed by atoms with E-state index in [1.54, 1.807) is 0 Å². The van der Waals surface area contributed by atoms with Gasteiger partial charge in [0.2, 0.25) is 0 Å². The average molecular weight is 229 g/mol. The molecule has 1 aliphatic heterocycles. The van der Waals surface area contributed by atoms with Crippen molar-refractivity contribution in [3.63, 3.8) is 0 Å². The summed E-state index contributed by atoms with van der Waals surface area (Å²) in [6, 6.07) is 10.0. The molecule has 1 fully saturated rings. The summed E-state index contributed by atoms with van der Waals surface area (Å²) in [6.07, 6.45) is 1.25. The van der Waals surface area contributed by atoms with Crippen LogP contribution in [0.5, 0.6) is 0 Å². The molecule has 17 heavy (non-hydrogen) atoms. The first-order valence-electron chi connectivity index (χ1n) is 5.94. The van der Waals surface area contributed by atoms with E-state index < -0.39 is 0 Å². The molecule has 4 heteroatoms. The van der Waals surface area contributed by atoms with Crippen LogP contribution in [0.2, 0.25) is 0 Å². The Labute approximate surface area is 100 Å². The molecule has 0 amide bonds. The molecule has 1 aromatic heterocycles. The number of aromatic amines is 1. The van der Waals surface area contributed by atoms with Crippen molar-refractivity contribution in [2.75, 3.05) is 6.61 Å². The molecule has 2 atom stereocenters. The average Bonchev–Trinajstić information content (AvgIpc) is 2.98. The van der Waals surface area contributed by atoms with Crippen LogP contribution in [0.25, 0.3) is 11.4 Å². The molecule has 1 aromatic carbocycles. The fourth-order valence-corrected chi connectivity index (χ4v) is 2.25. The minimum Gasteiger partial charge on any atom is -0.378 e. The van der Waals surface area contributed by atoms with Crippen molar-refractivity contribution in [2.45, 2.75) is 25.4 Å². The highest BCUT2D eigenvalue weighted by Crippen LogP contribution is 2.29. The van der Waals surface area contributed by atoms with Crippen LogP contribution in [-0.4, -0.2) is 27.9 Å². The number of hydrogen-bond donors (Lipinski definition) is 1. The van der Waals surface area contributed by atoms with Crippen LogP contribution in [0.3, 0.4) is 0 Å². The molecule has 2 aromatic rings. The molecule has 1 aliphatic rings. The van der Waals surface area contributed by atoms with E-state index in [1.165, 1.54) is 0 Å². The molecule has 0 bridgehead atoms. The fraction of sp³-hybridized carbons (Fsp3) is 0.385. The number of benzene rings is 1. The van der Waals surface area contributed by atoms with E-state index in [9.17, 15) is 0 Å². The Kier molecular flexibility index (Phi) is 2.65. The van der Waals surface area contributed by atoms with Crippen molar-refractivity contribution < 1.29 is 4.74 Å². The first kappa shape index (κ1) is 10.5. The Balaban J connectivity index is 1.88. The van der Waals surface area contributed by atoms with Crippen molar-refractivity contribution in [2.24, 2.45) is 0 Å². The maximum Gasteiger partial charge on any atom is 0.181 e. The highest BCUT2D eigenvalue weighted by atomic mass is 16.5. The quantitative estimate of drug-likeness (QED) is 0.860. The van der Waals surface area contributed by atoms with Crippen molar-refractivity contribution >= 4 is 0 Å². The van der Waals surface area contributed by atoms with Crippen LogP contribution in [0.1, 0.15) is 25.1 Å². The topological polar surface area (TPSA) is 50.8 Å². The van der Waals surface area contributed by atoms with Gasteiger partial charge >= 0.3 is 0 Å². The normalized spacial score (nSPS) is 24.1. The molecule has 0 aliphatic carbocycles. The minimum absolute atomic E-state index is 0.228. The van der Waals surface area contributed by atoms with Crippen LogP contribution in [0.4, 0.5) is 0 Å². The number of nitrogens with zero attached hydrogens (tertiary/aromatic N) is 2. The van der Waals surface area contributed by atoms with E-state index in [2.05, 4.69) is 22.1 Å². The van der Waals surface area contributed by atoms with Crippen LogP contribution in [-0.2, 0) is 4.74 Å². The summed E-state index contributed by atoms with van der Waals surface area (Å²) in [7, 11) is 0. The van der Waals surface area contributed by atoms with Gasteiger partial charge in [0.05, 0.1) is 6.10 Å². The van der Waals surface area contributed by atoms with Gasteiger partial charge in [-0.25, -0.2) is 4.98 Å². The van der Waals surface area contributed by atoms with Gasteiger partial charge < -0.3 is 4.74 Å².